The first kappa shape index (κ1) is 18.8. The van der Waals surface area contributed by atoms with Gasteiger partial charge < -0.3 is 15.2 Å². The van der Waals surface area contributed by atoms with E-state index in [9.17, 15) is 22.8 Å². The number of hydrogen-bond donors (Lipinski definition) is 2. The van der Waals surface area contributed by atoms with Gasteiger partial charge in [-0.2, -0.15) is 13.2 Å². The van der Waals surface area contributed by atoms with E-state index in [1.165, 1.54) is 24.3 Å². The summed E-state index contributed by atoms with van der Waals surface area (Å²) in [6, 6.07) is 4.01. The Kier molecular flexibility index (Phi) is 6.87. The van der Waals surface area contributed by atoms with Gasteiger partial charge >= 0.3 is 12.1 Å². The van der Waals surface area contributed by atoms with Crippen molar-refractivity contribution in [1.29, 1.82) is 0 Å². The third-order valence-electron chi connectivity index (χ3n) is 2.97. The Morgan fingerprint density at radius 2 is 1.87 bits per heavy atom. The van der Waals surface area contributed by atoms with Crippen molar-refractivity contribution >= 4 is 11.9 Å². The van der Waals surface area contributed by atoms with Crippen LogP contribution in [0, 0.1) is 0 Å². The van der Waals surface area contributed by atoms with Crippen molar-refractivity contribution in [3.63, 3.8) is 0 Å². The molecule has 1 unspecified atom stereocenters. The Balaban J connectivity index is 2.64. The zero-order chi connectivity index (χ0) is 17.5. The quantitative estimate of drug-likeness (QED) is 0.767. The van der Waals surface area contributed by atoms with E-state index in [0.717, 1.165) is 6.42 Å². The van der Waals surface area contributed by atoms with Crippen molar-refractivity contribution in [1.82, 2.24) is 5.32 Å². The molecule has 0 spiro atoms. The van der Waals surface area contributed by atoms with Gasteiger partial charge in [0.25, 0.3) is 5.91 Å². The van der Waals surface area contributed by atoms with Crippen molar-refractivity contribution in [2.24, 2.45) is 0 Å². The van der Waals surface area contributed by atoms with Crippen LogP contribution >= 0.6 is 0 Å². The van der Waals surface area contributed by atoms with Gasteiger partial charge in [-0.05, 0) is 30.7 Å². The molecule has 1 rings (SSSR count). The lowest BCUT2D eigenvalue weighted by atomic mass is 10.1. The van der Waals surface area contributed by atoms with Gasteiger partial charge in [-0.1, -0.05) is 19.8 Å². The Bertz CT molecular complexity index is 529. The topological polar surface area (TPSA) is 75.6 Å². The third-order valence-corrected chi connectivity index (χ3v) is 2.97. The van der Waals surface area contributed by atoms with E-state index in [1.54, 1.807) is 0 Å². The number of carbonyl (C=O) groups is 2. The molecule has 0 saturated heterocycles. The second kappa shape index (κ2) is 8.40. The fourth-order valence-electron chi connectivity index (χ4n) is 1.77. The molecular formula is C15H18F3NO4. The summed E-state index contributed by atoms with van der Waals surface area (Å²) in [4.78, 5) is 23.0. The van der Waals surface area contributed by atoms with Gasteiger partial charge in [0.2, 0.25) is 0 Å². The van der Waals surface area contributed by atoms with Gasteiger partial charge in [0.15, 0.2) is 6.61 Å². The molecule has 0 aromatic heterocycles. The van der Waals surface area contributed by atoms with E-state index >= 15 is 0 Å². The minimum atomic E-state index is -4.44. The minimum absolute atomic E-state index is 0.0281. The first-order valence-electron chi connectivity index (χ1n) is 7.06. The molecule has 1 atom stereocenters. The molecule has 5 nitrogen and oxygen atoms in total. The maximum Gasteiger partial charge on any atom is 0.422 e. The van der Waals surface area contributed by atoms with Crippen LogP contribution in [0.1, 0.15) is 36.5 Å². The van der Waals surface area contributed by atoms with E-state index in [4.69, 9.17) is 5.11 Å². The summed E-state index contributed by atoms with van der Waals surface area (Å²) in [7, 11) is 0. The molecule has 0 aliphatic heterocycles. The summed E-state index contributed by atoms with van der Waals surface area (Å²) in [6.07, 6.45) is -2.68. The van der Waals surface area contributed by atoms with Gasteiger partial charge in [0.1, 0.15) is 11.8 Å². The van der Waals surface area contributed by atoms with Crippen LogP contribution in [0.25, 0.3) is 0 Å². The van der Waals surface area contributed by atoms with E-state index in [0.29, 0.717) is 12.8 Å². The highest BCUT2D eigenvalue weighted by atomic mass is 19.4. The van der Waals surface area contributed by atoms with Gasteiger partial charge in [-0.3, -0.25) is 4.79 Å². The van der Waals surface area contributed by atoms with Crippen LogP contribution < -0.4 is 10.1 Å². The summed E-state index contributed by atoms with van der Waals surface area (Å²) < 4.78 is 40.6. The number of carboxylic acids is 1. The Morgan fingerprint density at radius 1 is 1.26 bits per heavy atom. The number of ether oxygens (including phenoxy) is 1. The summed E-state index contributed by atoms with van der Waals surface area (Å²) in [5.41, 5.74) is 0.145. The van der Waals surface area contributed by atoms with E-state index in [2.05, 4.69) is 10.1 Å². The van der Waals surface area contributed by atoms with Gasteiger partial charge in [-0.15, -0.1) is 0 Å². The molecular weight excluding hydrogens is 315 g/mol. The molecule has 1 aromatic carbocycles. The number of hydrogen-bond acceptors (Lipinski definition) is 3. The summed E-state index contributed by atoms with van der Waals surface area (Å²) in [5.74, 6) is -1.76. The predicted octanol–water partition coefficient (Wildman–Crippen LogP) is 3.00. The second-order valence-electron chi connectivity index (χ2n) is 4.93. The van der Waals surface area contributed by atoms with Crippen LogP contribution in [0.3, 0.4) is 0 Å². The molecule has 128 valence electrons. The average Bonchev–Trinajstić information content (AvgIpc) is 2.48. The number of aliphatic carboxylic acids is 1. The lowest BCUT2D eigenvalue weighted by Gasteiger charge is -2.14. The lowest BCUT2D eigenvalue weighted by molar-refractivity contribution is -0.153. The van der Waals surface area contributed by atoms with Crippen LogP contribution in [0.15, 0.2) is 24.3 Å². The zero-order valence-electron chi connectivity index (χ0n) is 12.5. The van der Waals surface area contributed by atoms with Crippen LogP contribution in [0.2, 0.25) is 0 Å². The number of rotatable bonds is 8. The number of carbonyl (C=O) groups excluding carboxylic acids is 1. The molecule has 0 aliphatic carbocycles. The second-order valence-corrected chi connectivity index (χ2v) is 4.93. The van der Waals surface area contributed by atoms with Crippen molar-refractivity contribution in [2.45, 2.75) is 38.4 Å². The van der Waals surface area contributed by atoms with Crippen LogP contribution in [0.5, 0.6) is 5.75 Å². The molecule has 1 aromatic rings. The highest BCUT2D eigenvalue weighted by molar-refractivity contribution is 5.96. The Hall–Kier alpha value is -2.25. The number of nitrogens with one attached hydrogen (secondary N) is 1. The number of amides is 1. The molecule has 8 heteroatoms. The smallest absolute Gasteiger partial charge is 0.422 e. The maximum absolute atomic E-state index is 12.0. The fourth-order valence-corrected chi connectivity index (χ4v) is 1.77. The largest absolute Gasteiger partial charge is 0.484 e. The van der Waals surface area contributed by atoms with Crippen LogP contribution in [-0.4, -0.2) is 35.8 Å². The molecule has 0 bridgehead atoms. The normalized spacial score (nSPS) is 12.5. The van der Waals surface area contributed by atoms with Crippen molar-refractivity contribution in [3.8, 4) is 5.75 Å². The number of benzene rings is 1. The number of alkyl halides is 3. The van der Waals surface area contributed by atoms with E-state index < -0.39 is 30.7 Å². The van der Waals surface area contributed by atoms with Gasteiger partial charge in [-0.25, -0.2) is 4.79 Å². The molecule has 1 amide bonds. The number of halogens is 3. The number of unbranched alkanes of at least 4 members (excludes halogenated alkanes) is 1. The van der Waals surface area contributed by atoms with Crippen LogP contribution in [-0.2, 0) is 4.79 Å². The highest BCUT2D eigenvalue weighted by Crippen LogP contribution is 2.19. The molecule has 0 radical (unpaired) electrons. The standard InChI is InChI=1S/C15H18F3NO4/c1-2-3-4-12(14(21)22)19-13(20)10-5-7-11(8-6-10)23-9-15(16,17)18/h5-8,12H,2-4,9H2,1H3,(H,19,20)(H,21,22). The molecule has 0 aliphatic rings. The fraction of sp³-hybridized carbons (Fsp3) is 0.467. The zero-order valence-corrected chi connectivity index (χ0v) is 12.5. The molecule has 0 saturated carbocycles. The summed E-state index contributed by atoms with van der Waals surface area (Å²) in [5, 5.41) is 11.4. The molecule has 0 heterocycles. The maximum atomic E-state index is 12.0. The van der Waals surface area contributed by atoms with Crippen molar-refractivity contribution < 1.29 is 32.6 Å². The highest BCUT2D eigenvalue weighted by Gasteiger charge is 2.28. The SMILES string of the molecule is CCCCC(NC(=O)c1ccc(OCC(F)(F)F)cc1)C(=O)O. The third kappa shape index (κ3) is 7.03. The number of carboxylic acid groups (broad SMARTS) is 1. The van der Waals surface area contributed by atoms with E-state index in [1.807, 2.05) is 6.92 Å². The Morgan fingerprint density at radius 3 is 2.35 bits per heavy atom. The monoisotopic (exact) mass is 333 g/mol. The Labute approximate surface area is 131 Å². The molecule has 23 heavy (non-hydrogen) atoms. The average molecular weight is 333 g/mol. The summed E-state index contributed by atoms with van der Waals surface area (Å²) >= 11 is 0. The first-order chi connectivity index (χ1) is 10.7. The van der Waals surface area contributed by atoms with Crippen molar-refractivity contribution in [2.75, 3.05) is 6.61 Å². The molecule has 2 N–H and O–H groups in total. The summed E-state index contributed by atoms with van der Waals surface area (Å²) in [6.45, 7) is 0.483. The predicted molar refractivity (Wildman–Crippen MR) is 76.4 cm³/mol. The van der Waals surface area contributed by atoms with Gasteiger partial charge in [0.05, 0.1) is 0 Å². The van der Waals surface area contributed by atoms with Gasteiger partial charge in [0, 0.05) is 5.56 Å². The minimum Gasteiger partial charge on any atom is -0.484 e. The first-order valence-corrected chi connectivity index (χ1v) is 7.06. The van der Waals surface area contributed by atoms with Crippen molar-refractivity contribution in [3.05, 3.63) is 29.8 Å². The molecule has 0 fully saturated rings. The van der Waals surface area contributed by atoms with E-state index in [-0.39, 0.29) is 11.3 Å². The van der Waals surface area contributed by atoms with Crippen LogP contribution in [0.4, 0.5) is 13.2 Å². The lowest BCUT2D eigenvalue weighted by Crippen LogP contribution is -2.40.